The summed E-state index contributed by atoms with van der Waals surface area (Å²) < 4.78 is 11.4. The van der Waals surface area contributed by atoms with Crippen molar-refractivity contribution >= 4 is 0 Å². The Morgan fingerprint density at radius 2 is 1.32 bits per heavy atom. The number of hydrogen-bond acceptors (Lipinski definition) is 3. The van der Waals surface area contributed by atoms with Crippen LogP contribution in [0.15, 0.2) is 103 Å². The Hall–Kier alpha value is -3.56. The molecular formula is C37H43NO2. The molecule has 5 rings (SSSR count). The lowest BCUT2D eigenvalue weighted by Crippen LogP contribution is -2.38. The summed E-state index contributed by atoms with van der Waals surface area (Å²) in [5.74, 6) is 1.64. The van der Waals surface area contributed by atoms with Gasteiger partial charge in [-0.3, -0.25) is 4.90 Å². The smallest absolute Gasteiger partial charge is 0.161 e. The highest BCUT2D eigenvalue weighted by atomic mass is 16.5. The van der Waals surface area contributed by atoms with Crippen LogP contribution in [0.3, 0.4) is 0 Å². The molecule has 40 heavy (non-hydrogen) atoms. The summed E-state index contributed by atoms with van der Waals surface area (Å²) in [6.45, 7) is 4.44. The molecule has 0 N–H and O–H groups in total. The van der Waals surface area contributed by atoms with E-state index < -0.39 is 0 Å². The number of rotatable bonds is 12. The SMILES string of the molecule is CCCC(CCCN1CCc2cc(OC)c(OC)cc2C1Cc1ccccc1)(c1ccccc1)c1ccccc1. The van der Waals surface area contributed by atoms with Gasteiger partial charge < -0.3 is 9.47 Å². The zero-order valence-corrected chi connectivity index (χ0v) is 24.3. The van der Waals surface area contributed by atoms with Crippen molar-refractivity contribution in [3.8, 4) is 11.5 Å². The van der Waals surface area contributed by atoms with Crippen molar-refractivity contribution in [1.29, 1.82) is 0 Å². The third kappa shape index (κ3) is 5.95. The Bertz CT molecular complexity index is 1300. The minimum absolute atomic E-state index is 0.0243. The van der Waals surface area contributed by atoms with Gasteiger partial charge in [-0.1, -0.05) is 104 Å². The minimum Gasteiger partial charge on any atom is -0.493 e. The highest BCUT2D eigenvalue weighted by Crippen LogP contribution is 2.43. The topological polar surface area (TPSA) is 21.7 Å². The number of fused-ring (bicyclic) bond motifs is 1. The Morgan fingerprint density at radius 3 is 1.90 bits per heavy atom. The Balaban J connectivity index is 1.44. The highest BCUT2D eigenvalue weighted by molar-refractivity contribution is 5.50. The molecule has 4 aromatic carbocycles. The Kier molecular flexibility index (Phi) is 9.23. The third-order valence-corrected chi connectivity index (χ3v) is 8.76. The summed E-state index contributed by atoms with van der Waals surface area (Å²) >= 11 is 0. The number of hydrogen-bond donors (Lipinski definition) is 0. The molecule has 0 saturated heterocycles. The molecule has 3 nitrogen and oxygen atoms in total. The summed E-state index contributed by atoms with van der Waals surface area (Å²) in [6, 6.07) is 38.0. The first kappa shape index (κ1) is 28.0. The van der Waals surface area contributed by atoms with Crippen LogP contribution in [0.4, 0.5) is 0 Å². The van der Waals surface area contributed by atoms with E-state index in [9.17, 15) is 0 Å². The van der Waals surface area contributed by atoms with E-state index in [0.29, 0.717) is 6.04 Å². The average molecular weight is 534 g/mol. The minimum atomic E-state index is 0.0243. The molecule has 1 unspecified atom stereocenters. The van der Waals surface area contributed by atoms with Gasteiger partial charge in [-0.15, -0.1) is 0 Å². The quantitative estimate of drug-likeness (QED) is 0.182. The molecule has 3 heteroatoms. The van der Waals surface area contributed by atoms with Crippen LogP contribution in [-0.2, 0) is 18.3 Å². The van der Waals surface area contributed by atoms with Gasteiger partial charge in [-0.05, 0) is 78.6 Å². The van der Waals surface area contributed by atoms with Crippen LogP contribution in [0.5, 0.6) is 11.5 Å². The number of methoxy groups -OCH3 is 2. The van der Waals surface area contributed by atoms with Gasteiger partial charge >= 0.3 is 0 Å². The van der Waals surface area contributed by atoms with E-state index in [4.69, 9.17) is 9.47 Å². The first-order chi connectivity index (χ1) is 19.7. The van der Waals surface area contributed by atoms with Crippen LogP contribution in [0.25, 0.3) is 0 Å². The van der Waals surface area contributed by atoms with Crippen molar-refractivity contribution in [1.82, 2.24) is 4.90 Å². The monoisotopic (exact) mass is 533 g/mol. The maximum Gasteiger partial charge on any atom is 0.161 e. The molecule has 208 valence electrons. The Morgan fingerprint density at radius 1 is 0.750 bits per heavy atom. The van der Waals surface area contributed by atoms with Crippen LogP contribution < -0.4 is 9.47 Å². The molecule has 1 aliphatic rings. The van der Waals surface area contributed by atoms with E-state index in [-0.39, 0.29) is 5.41 Å². The van der Waals surface area contributed by atoms with E-state index in [1.807, 2.05) is 0 Å². The molecule has 4 aromatic rings. The van der Waals surface area contributed by atoms with E-state index in [0.717, 1.165) is 63.1 Å². The van der Waals surface area contributed by atoms with Crippen molar-refractivity contribution in [2.45, 2.75) is 56.9 Å². The summed E-state index contributed by atoms with van der Waals surface area (Å²) in [5.41, 5.74) is 7.02. The summed E-state index contributed by atoms with van der Waals surface area (Å²) in [6.07, 6.45) is 6.58. The van der Waals surface area contributed by atoms with Crippen molar-refractivity contribution in [2.24, 2.45) is 0 Å². The second-order valence-electron chi connectivity index (χ2n) is 11.1. The van der Waals surface area contributed by atoms with Gasteiger partial charge in [0.25, 0.3) is 0 Å². The van der Waals surface area contributed by atoms with Gasteiger partial charge in [0.1, 0.15) is 0 Å². The molecule has 0 spiro atoms. The standard InChI is InChI=1S/C37H43NO2/c1-4-22-37(31-17-10-6-11-18-31,32-19-12-7-13-20-32)23-14-24-38-25-21-30-27-35(39-2)36(40-3)28-33(30)34(38)26-29-15-8-5-9-16-29/h5-13,15-20,27-28,34H,4,14,21-26H2,1-3H3. The van der Waals surface area contributed by atoms with Gasteiger partial charge in [0.2, 0.25) is 0 Å². The van der Waals surface area contributed by atoms with Crippen molar-refractivity contribution in [2.75, 3.05) is 27.3 Å². The molecule has 1 aliphatic heterocycles. The lowest BCUT2D eigenvalue weighted by atomic mass is 9.68. The third-order valence-electron chi connectivity index (χ3n) is 8.76. The molecule has 0 radical (unpaired) electrons. The average Bonchev–Trinajstić information content (AvgIpc) is 3.02. The molecule has 1 atom stereocenters. The lowest BCUT2D eigenvalue weighted by Gasteiger charge is -2.40. The normalized spacial score (nSPS) is 15.4. The van der Waals surface area contributed by atoms with E-state index in [2.05, 4.69) is 115 Å². The number of nitrogens with zero attached hydrogens (tertiary/aromatic N) is 1. The van der Waals surface area contributed by atoms with Crippen molar-refractivity contribution < 1.29 is 9.47 Å². The van der Waals surface area contributed by atoms with Gasteiger partial charge in [0.05, 0.1) is 14.2 Å². The fraction of sp³-hybridized carbons (Fsp3) is 0.351. The fourth-order valence-corrected chi connectivity index (χ4v) is 6.82. The largest absolute Gasteiger partial charge is 0.493 e. The van der Waals surface area contributed by atoms with E-state index in [1.54, 1.807) is 14.2 Å². The van der Waals surface area contributed by atoms with Gasteiger partial charge in [0, 0.05) is 18.0 Å². The highest BCUT2D eigenvalue weighted by Gasteiger charge is 2.34. The van der Waals surface area contributed by atoms with Crippen LogP contribution in [0.1, 0.15) is 66.5 Å². The fourth-order valence-electron chi connectivity index (χ4n) is 6.82. The maximum absolute atomic E-state index is 5.74. The summed E-state index contributed by atoms with van der Waals surface area (Å²) in [4.78, 5) is 2.72. The number of ether oxygens (including phenoxy) is 2. The summed E-state index contributed by atoms with van der Waals surface area (Å²) in [7, 11) is 3.46. The molecule has 0 saturated carbocycles. The first-order valence-electron chi connectivity index (χ1n) is 14.8. The van der Waals surface area contributed by atoms with Gasteiger partial charge in [0.15, 0.2) is 11.5 Å². The van der Waals surface area contributed by atoms with Crippen molar-refractivity contribution in [3.63, 3.8) is 0 Å². The van der Waals surface area contributed by atoms with Gasteiger partial charge in [-0.2, -0.15) is 0 Å². The van der Waals surface area contributed by atoms with E-state index in [1.165, 1.54) is 27.8 Å². The lowest BCUT2D eigenvalue weighted by molar-refractivity contribution is 0.174. The first-order valence-corrected chi connectivity index (χ1v) is 14.8. The molecule has 1 heterocycles. The van der Waals surface area contributed by atoms with Crippen LogP contribution in [-0.4, -0.2) is 32.2 Å². The maximum atomic E-state index is 5.74. The predicted molar refractivity (Wildman–Crippen MR) is 166 cm³/mol. The van der Waals surface area contributed by atoms with Crippen molar-refractivity contribution in [3.05, 3.63) is 131 Å². The summed E-state index contributed by atoms with van der Waals surface area (Å²) in [5, 5.41) is 0. The Labute approximate surface area is 240 Å². The van der Waals surface area contributed by atoms with Crippen LogP contribution >= 0.6 is 0 Å². The molecule has 0 aromatic heterocycles. The number of benzene rings is 4. The van der Waals surface area contributed by atoms with Crippen LogP contribution in [0.2, 0.25) is 0 Å². The molecule has 0 amide bonds. The molecule has 0 bridgehead atoms. The van der Waals surface area contributed by atoms with E-state index >= 15 is 0 Å². The predicted octanol–water partition coefficient (Wildman–Crippen LogP) is 8.41. The molecule has 0 fully saturated rings. The second-order valence-corrected chi connectivity index (χ2v) is 11.1. The molecule has 0 aliphatic carbocycles. The zero-order chi connectivity index (χ0) is 27.8. The van der Waals surface area contributed by atoms with Gasteiger partial charge in [-0.25, -0.2) is 0 Å². The second kappa shape index (κ2) is 13.2. The molecular weight excluding hydrogens is 490 g/mol. The zero-order valence-electron chi connectivity index (χ0n) is 24.3. The van der Waals surface area contributed by atoms with Crippen LogP contribution in [0, 0.1) is 0 Å².